The lowest BCUT2D eigenvalue weighted by Gasteiger charge is -2.29. The Labute approximate surface area is 95.2 Å². The number of hydrogen-bond donors (Lipinski definition) is 0. The van der Waals surface area contributed by atoms with Gasteiger partial charge >= 0.3 is 0 Å². The maximum Gasteiger partial charge on any atom is 0.144 e. The standard InChI is InChI=1S/C10H19NO5/c1-13-4-7-5-16-6-8(11-12)10(15-3)9(7)14-2/h7-10H,4-6H2,1-3H3/t7?,8?,9-,10?/m1/s1. The fraction of sp³-hybridized carbons (Fsp3) is 1.00. The molecule has 1 heterocycles. The molecule has 0 aliphatic carbocycles. The van der Waals surface area contributed by atoms with Gasteiger partial charge in [0, 0.05) is 27.2 Å². The number of rotatable bonds is 5. The molecule has 0 spiro atoms. The van der Waals surface area contributed by atoms with Crippen LogP contribution in [-0.2, 0) is 18.9 Å². The highest BCUT2D eigenvalue weighted by molar-refractivity contribution is 4.90. The fourth-order valence-electron chi connectivity index (χ4n) is 2.08. The zero-order valence-corrected chi connectivity index (χ0v) is 9.92. The molecule has 94 valence electrons. The van der Waals surface area contributed by atoms with Crippen LogP contribution in [0, 0.1) is 10.8 Å². The summed E-state index contributed by atoms with van der Waals surface area (Å²) in [6.45, 7) is 1.25. The first-order valence-corrected chi connectivity index (χ1v) is 5.23. The van der Waals surface area contributed by atoms with Crippen LogP contribution < -0.4 is 0 Å². The molecule has 16 heavy (non-hydrogen) atoms. The third kappa shape index (κ3) is 2.98. The molecule has 1 saturated heterocycles. The number of hydrogen-bond acceptors (Lipinski definition) is 6. The maximum absolute atomic E-state index is 10.7. The van der Waals surface area contributed by atoms with Gasteiger partial charge in [0.05, 0.1) is 25.9 Å². The minimum absolute atomic E-state index is 0.0479. The first-order chi connectivity index (χ1) is 7.78. The van der Waals surface area contributed by atoms with Gasteiger partial charge in [-0.1, -0.05) is 5.18 Å². The summed E-state index contributed by atoms with van der Waals surface area (Å²) in [5.74, 6) is 0.0479. The van der Waals surface area contributed by atoms with Gasteiger partial charge in [0.1, 0.15) is 12.1 Å². The molecule has 1 aliphatic heterocycles. The summed E-state index contributed by atoms with van der Waals surface area (Å²) in [6, 6.07) is -0.531. The molecule has 4 atom stereocenters. The topological polar surface area (TPSA) is 66.4 Å². The smallest absolute Gasteiger partial charge is 0.144 e. The van der Waals surface area contributed by atoms with Crippen molar-refractivity contribution in [1.29, 1.82) is 0 Å². The molecule has 1 fully saturated rings. The number of methoxy groups -OCH3 is 3. The van der Waals surface area contributed by atoms with E-state index < -0.39 is 6.04 Å². The summed E-state index contributed by atoms with van der Waals surface area (Å²) >= 11 is 0. The van der Waals surface area contributed by atoms with E-state index in [-0.39, 0.29) is 24.7 Å². The number of ether oxygens (including phenoxy) is 4. The van der Waals surface area contributed by atoms with Gasteiger partial charge in [0.25, 0.3) is 0 Å². The Hall–Kier alpha value is -0.560. The van der Waals surface area contributed by atoms with E-state index in [1.165, 1.54) is 0 Å². The van der Waals surface area contributed by atoms with Crippen molar-refractivity contribution in [3.8, 4) is 0 Å². The lowest BCUT2D eigenvalue weighted by Crippen LogP contribution is -2.44. The van der Waals surface area contributed by atoms with Crippen LogP contribution in [0.3, 0.4) is 0 Å². The first-order valence-electron chi connectivity index (χ1n) is 5.23. The van der Waals surface area contributed by atoms with Crippen LogP contribution in [0.25, 0.3) is 0 Å². The van der Waals surface area contributed by atoms with Crippen molar-refractivity contribution in [2.45, 2.75) is 18.2 Å². The van der Waals surface area contributed by atoms with Gasteiger partial charge in [-0.05, 0) is 0 Å². The molecular formula is C10H19NO5. The Morgan fingerprint density at radius 2 is 1.88 bits per heavy atom. The van der Waals surface area contributed by atoms with Crippen molar-refractivity contribution in [3.05, 3.63) is 4.91 Å². The zero-order chi connectivity index (χ0) is 12.0. The van der Waals surface area contributed by atoms with Gasteiger partial charge in [-0.2, -0.15) is 4.91 Å². The summed E-state index contributed by atoms with van der Waals surface area (Å²) in [6.07, 6.45) is -0.625. The molecule has 0 aromatic carbocycles. The van der Waals surface area contributed by atoms with Crippen molar-refractivity contribution in [1.82, 2.24) is 0 Å². The Balaban J connectivity index is 2.79. The van der Waals surface area contributed by atoms with E-state index >= 15 is 0 Å². The van der Waals surface area contributed by atoms with E-state index in [2.05, 4.69) is 5.18 Å². The van der Waals surface area contributed by atoms with Gasteiger partial charge in [-0.25, -0.2) is 0 Å². The van der Waals surface area contributed by atoms with Crippen LogP contribution in [0.1, 0.15) is 0 Å². The first kappa shape index (κ1) is 13.5. The van der Waals surface area contributed by atoms with Crippen LogP contribution >= 0.6 is 0 Å². The van der Waals surface area contributed by atoms with Crippen molar-refractivity contribution < 1.29 is 18.9 Å². The van der Waals surface area contributed by atoms with Crippen LogP contribution in [-0.4, -0.2) is 59.4 Å². The highest BCUT2D eigenvalue weighted by Gasteiger charge is 2.39. The summed E-state index contributed by atoms with van der Waals surface area (Å²) in [4.78, 5) is 10.7. The van der Waals surface area contributed by atoms with E-state index in [0.717, 1.165) is 0 Å². The van der Waals surface area contributed by atoms with E-state index in [1.54, 1.807) is 21.3 Å². The molecule has 1 aliphatic rings. The fourth-order valence-corrected chi connectivity index (χ4v) is 2.08. The quantitative estimate of drug-likeness (QED) is 0.645. The average Bonchev–Trinajstić information content (AvgIpc) is 2.47. The second-order valence-electron chi connectivity index (χ2n) is 3.83. The third-order valence-electron chi connectivity index (χ3n) is 2.85. The summed E-state index contributed by atoms with van der Waals surface area (Å²) in [5, 5.41) is 3.03. The van der Waals surface area contributed by atoms with E-state index in [1.807, 2.05) is 0 Å². The molecule has 0 N–H and O–H groups in total. The zero-order valence-electron chi connectivity index (χ0n) is 9.92. The predicted octanol–water partition coefficient (Wildman–Crippen LogP) is 0.444. The minimum Gasteiger partial charge on any atom is -0.384 e. The Morgan fingerprint density at radius 3 is 2.38 bits per heavy atom. The van der Waals surface area contributed by atoms with Crippen LogP contribution in [0.15, 0.2) is 5.18 Å². The van der Waals surface area contributed by atoms with Crippen molar-refractivity contribution in [2.75, 3.05) is 41.2 Å². The monoisotopic (exact) mass is 233 g/mol. The molecule has 0 amide bonds. The van der Waals surface area contributed by atoms with Gasteiger partial charge in [-0.15, -0.1) is 0 Å². The average molecular weight is 233 g/mol. The maximum atomic E-state index is 10.7. The lowest BCUT2D eigenvalue weighted by atomic mass is 9.96. The normalized spacial score (nSPS) is 35.7. The Bertz CT molecular complexity index is 213. The number of nitroso groups, excluding NO2 is 1. The molecule has 6 heteroatoms. The molecule has 0 saturated carbocycles. The molecule has 0 bridgehead atoms. The van der Waals surface area contributed by atoms with Gasteiger partial charge in [0.2, 0.25) is 0 Å². The van der Waals surface area contributed by atoms with Gasteiger partial charge < -0.3 is 18.9 Å². The lowest BCUT2D eigenvalue weighted by molar-refractivity contribution is -0.0803. The second-order valence-corrected chi connectivity index (χ2v) is 3.83. The largest absolute Gasteiger partial charge is 0.384 e. The van der Waals surface area contributed by atoms with Crippen LogP contribution in [0.2, 0.25) is 0 Å². The minimum atomic E-state index is -0.531. The molecular weight excluding hydrogens is 214 g/mol. The summed E-state index contributed by atoms with van der Waals surface area (Å²) < 4.78 is 21.2. The highest BCUT2D eigenvalue weighted by Crippen LogP contribution is 2.23. The third-order valence-corrected chi connectivity index (χ3v) is 2.85. The van der Waals surface area contributed by atoms with Crippen LogP contribution in [0.5, 0.6) is 0 Å². The molecule has 3 unspecified atom stereocenters. The van der Waals surface area contributed by atoms with E-state index in [9.17, 15) is 4.91 Å². The van der Waals surface area contributed by atoms with E-state index in [4.69, 9.17) is 18.9 Å². The van der Waals surface area contributed by atoms with Crippen molar-refractivity contribution in [3.63, 3.8) is 0 Å². The molecule has 0 aromatic heterocycles. The number of nitrogens with zero attached hydrogens (tertiary/aromatic N) is 1. The second kappa shape index (κ2) is 6.90. The van der Waals surface area contributed by atoms with Gasteiger partial charge in [-0.3, -0.25) is 0 Å². The Morgan fingerprint density at radius 1 is 1.19 bits per heavy atom. The molecule has 0 aromatic rings. The van der Waals surface area contributed by atoms with E-state index in [0.29, 0.717) is 13.2 Å². The van der Waals surface area contributed by atoms with Crippen molar-refractivity contribution in [2.24, 2.45) is 11.1 Å². The van der Waals surface area contributed by atoms with Crippen LogP contribution in [0.4, 0.5) is 0 Å². The molecule has 1 rings (SSSR count). The summed E-state index contributed by atoms with van der Waals surface area (Å²) in [5.41, 5.74) is 0. The predicted molar refractivity (Wildman–Crippen MR) is 57.4 cm³/mol. The molecule has 0 radical (unpaired) electrons. The van der Waals surface area contributed by atoms with Crippen molar-refractivity contribution >= 4 is 0 Å². The SMILES string of the molecule is COCC1COCC(N=O)C(OC)[C@@H]1OC. The highest BCUT2D eigenvalue weighted by atomic mass is 16.5. The molecule has 6 nitrogen and oxygen atoms in total. The summed E-state index contributed by atoms with van der Waals surface area (Å²) in [7, 11) is 4.76. The Kier molecular flexibility index (Phi) is 5.83. The van der Waals surface area contributed by atoms with Gasteiger partial charge in [0.15, 0.2) is 0 Å².